The number of rotatable bonds is 3. The predicted molar refractivity (Wildman–Crippen MR) is 46.3 cm³/mol. The summed E-state index contributed by atoms with van der Waals surface area (Å²) in [5.41, 5.74) is 0. The molecule has 1 aromatic rings. The van der Waals surface area contributed by atoms with E-state index in [2.05, 4.69) is 9.72 Å². The molecule has 0 bridgehead atoms. The predicted octanol–water partition coefficient (Wildman–Crippen LogP) is 1.02. The highest BCUT2D eigenvalue weighted by atomic mass is 16.6. The highest BCUT2D eigenvalue weighted by molar-refractivity contribution is 5.74. The van der Waals surface area contributed by atoms with Crippen molar-refractivity contribution in [2.75, 3.05) is 7.11 Å². The van der Waals surface area contributed by atoms with Crippen molar-refractivity contribution in [1.82, 2.24) is 4.98 Å². The molecule has 1 unspecified atom stereocenters. The van der Waals surface area contributed by atoms with E-state index in [0.29, 0.717) is 5.75 Å². The average Bonchev–Trinajstić information content (AvgIpc) is 2.18. The van der Waals surface area contributed by atoms with Gasteiger partial charge in [0.15, 0.2) is 6.10 Å². The minimum atomic E-state index is -0.590. The number of hydrogen-bond acceptors (Lipinski definition) is 4. The van der Waals surface area contributed by atoms with Gasteiger partial charge in [0.25, 0.3) is 0 Å². The van der Waals surface area contributed by atoms with E-state index in [9.17, 15) is 4.79 Å². The van der Waals surface area contributed by atoms with Gasteiger partial charge in [0, 0.05) is 12.4 Å². The van der Waals surface area contributed by atoms with Crippen molar-refractivity contribution < 1.29 is 14.3 Å². The zero-order valence-corrected chi connectivity index (χ0v) is 7.56. The Morgan fingerprint density at radius 2 is 2.08 bits per heavy atom. The largest absolute Gasteiger partial charge is 0.479 e. The van der Waals surface area contributed by atoms with E-state index in [4.69, 9.17) is 4.74 Å². The number of esters is 1. The molecule has 0 aliphatic carbocycles. The van der Waals surface area contributed by atoms with Gasteiger partial charge in [-0.25, -0.2) is 4.79 Å². The minimum Gasteiger partial charge on any atom is -0.479 e. The van der Waals surface area contributed by atoms with Crippen LogP contribution in [-0.2, 0) is 9.53 Å². The van der Waals surface area contributed by atoms with Crippen LogP contribution in [0.2, 0.25) is 0 Å². The third-order valence-electron chi connectivity index (χ3n) is 1.50. The Morgan fingerprint density at radius 3 is 2.62 bits per heavy atom. The Kier molecular flexibility index (Phi) is 3.25. The van der Waals surface area contributed by atoms with Crippen LogP contribution in [0.25, 0.3) is 0 Å². The van der Waals surface area contributed by atoms with Crippen LogP contribution in [0.4, 0.5) is 0 Å². The molecule has 4 nitrogen and oxygen atoms in total. The van der Waals surface area contributed by atoms with Crippen LogP contribution in [0.1, 0.15) is 6.92 Å². The smallest absolute Gasteiger partial charge is 0.346 e. The van der Waals surface area contributed by atoms with E-state index < -0.39 is 12.1 Å². The Bertz CT molecular complexity index is 273. The van der Waals surface area contributed by atoms with Crippen molar-refractivity contribution in [2.45, 2.75) is 13.0 Å². The highest BCUT2D eigenvalue weighted by Gasteiger charge is 2.13. The van der Waals surface area contributed by atoms with Crippen LogP contribution in [0.3, 0.4) is 0 Å². The van der Waals surface area contributed by atoms with Crippen LogP contribution in [0.5, 0.6) is 5.75 Å². The summed E-state index contributed by atoms with van der Waals surface area (Å²) in [6.07, 6.45) is 2.60. The molecule has 0 aliphatic heterocycles. The second-order valence-electron chi connectivity index (χ2n) is 2.47. The number of methoxy groups -OCH3 is 1. The van der Waals surface area contributed by atoms with Gasteiger partial charge in [-0.2, -0.15) is 0 Å². The molecule has 4 heteroatoms. The molecule has 0 saturated carbocycles. The van der Waals surface area contributed by atoms with Crippen molar-refractivity contribution in [2.24, 2.45) is 0 Å². The summed E-state index contributed by atoms with van der Waals surface area (Å²) >= 11 is 0. The Hall–Kier alpha value is -1.58. The minimum absolute atomic E-state index is 0.392. The fourth-order valence-electron chi connectivity index (χ4n) is 0.835. The van der Waals surface area contributed by atoms with E-state index in [-0.39, 0.29) is 0 Å². The summed E-state index contributed by atoms with van der Waals surface area (Å²) < 4.78 is 9.76. The zero-order chi connectivity index (χ0) is 9.68. The molecule has 0 amide bonds. The van der Waals surface area contributed by atoms with Gasteiger partial charge in [-0.1, -0.05) is 0 Å². The van der Waals surface area contributed by atoms with Crippen LogP contribution in [0.15, 0.2) is 24.5 Å². The normalized spacial score (nSPS) is 11.8. The summed E-state index contributed by atoms with van der Waals surface area (Å²) in [5, 5.41) is 0. The molecule has 0 fully saturated rings. The molecule has 13 heavy (non-hydrogen) atoms. The summed E-state index contributed by atoms with van der Waals surface area (Å²) in [6.45, 7) is 1.63. The third kappa shape index (κ3) is 2.74. The number of carbonyl (C=O) groups is 1. The molecule has 1 atom stereocenters. The first-order valence-corrected chi connectivity index (χ1v) is 3.88. The van der Waals surface area contributed by atoms with Crippen LogP contribution < -0.4 is 4.74 Å². The van der Waals surface area contributed by atoms with Gasteiger partial charge in [0.2, 0.25) is 0 Å². The third-order valence-corrected chi connectivity index (χ3v) is 1.50. The molecule has 70 valence electrons. The first-order chi connectivity index (χ1) is 6.24. The lowest BCUT2D eigenvalue weighted by atomic mass is 10.4. The maximum Gasteiger partial charge on any atom is 0.346 e. The van der Waals surface area contributed by atoms with E-state index in [1.54, 1.807) is 31.5 Å². The summed E-state index contributed by atoms with van der Waals surface area (Å²) in [4.78, 5) is 14.8. The van der Waals surface area contributed by atoms with Crippen molar-refractivity contribution in [3.05, 3.63) is 24.5 Å². The first-order valence-electron chi connectivity index (χ1n) is 3.88. The van der Waals surface area contributed by atoms with Gasteiger partial charge in [-0.05, 0) is 19.1 Å². The van der Waals surface area contributed by atoms with Gasteiger partial charge in [0.05, 0.1) is 7.11 Å². The number of ether oxygens (including phenoxy) is 2. The topological polar surface area (TPSA) is 48.4 Å². The lowest BCUT2D eigenvalue weighted by molar-refractivity contribution is -0.147. The van der Waals surface area contributed by atoms with Crippen LogP contribution >= 0.6 is 0 Å². The highest BCUT2D eigenvalue weighted by Crippen LogP contribution is 2.09. The van der Waals surface area contributed by atoms with Gasteiger partial charge in [-0.3, -0.25) is 4.98 Å². The lowest BCUT2D eigenvalue weighted by Gasteiger charge is -2.11. The van der Waals surface area contributed by atoms with E-state index >= 15 is 0 Å². The second kappa shape index (κ2) is 4.45. The van der Waals surface area contributed by atoms with Gasteiger partial charge >= 0.3 is 5.97 Å². The molecule has 0 aromatic carbocycles. The molecule has 0 radical (unpaired) electrons. The summed E-state index contributed by atoms with van der Waals surface area (Å²) in [6, 6.07) is 3.36. The molecule has 1 rings (SSSR count). The summed E-state index contributed by atoms with van der Waals surface area (Å²) in [5.74, 6) is 0.213. The number of carbonyl (C=O) groups excluding carboxylic acids is 1. The fourth-order valence-corrected chi connectivity index (χ4v) is 0.835. The molecule has 0 spiro atoms. The average molecular weight is 181 g/mol. The molecule has 0 saturated heterocycles. The number of pyridine rings is 1. The first kappa shape index (κ1) is 9.51. The van der Waals surface area contributed by atoms with E-state index in [0.717, 1.165) is 0 Å². The van der Waals surface area contributed by atoms with Gasteiger partial charge in [-0.15, -0.1) is 0 Å². The molecule has 1 heterocycles. The fraction of sp³-hybridized carbons (Fsp3) is 0.333. The van der Waals surface area contributed by atoms with Crippen molar-refractivity contribution in [3.63, 3.8) is 0 Å². The van der Waals surface area contributed by atoms with Gasteiger partial charge < -0.3 is 9.47 Å². The van der Waals surface area contributed by atoms with Crippen LogP contribution in [0, 0.1) is 0 Å². The molecular formula is C9H11NO3. The zero-order valence-electron chi connectivity index (χ0n) is 7.56. The van der Waals surface area contributed by atoms with Gasteiger partial charge in [0.1, 0.15) is 5.75 Å². The monoisotopic (exact) mass is 181 g/mol. The molecule has 0 N–H and O–H groups in total. The summed E-state index contributed by atoms with van der Waals surface area (Å²) in [7, 11) is 1.33. The number of aromatic nitrogens is 1. The Balaban J connectivity index is 2.55. The standard InChI is InChI=1S/C9H11NO3/c1-7(9(11)12-2)13-8-3-5-10-6-4-8/h3-7H,1-2H3. The molecular weight excluding hydrogens is 170 g/mol. The molecule has 1 aromatic heterocycles. The maximum absolute atomic E-state index is 11.0. The molecule has 0 aliphatic rings. The quantitative estimate of drug-likeness (QED) is 0.653. The van der Waals surface area contributed by atoms with Crippen LogP contribution in [-0.4, -0.2) is 24.2 Å². The maximum atomic E-state index is 11.0. The van der Waals surface area contributed by atoms with E-state index in [1.807, 2.05) is 0 Å². The van der Waals surface area contributed by atoms with Crippen molar-refractivity contribution in [1.29, 1.82) is 0 Å². The number of hydrogen-bond donors (Lipinski definition) is 0. The number of nitrogens with zero attached hydrogens (tertiary/aromatic N) is 1. The Labute approximate surface area is 76.5 Å². The van der Waals surface area contributed by atoms with E-state index in [1.165, 1.54) is 7.11 Å². The Morgan fingerprint density at radius 1 is 1.46 bits per heavy atom. The SMILES string of the molecule is COC(=O)C(C)Oc1ccncc1. The van der Waals surface area contributed by atoms with Crippen molar-refractivity contribution in [3.8, 4) is 5.75 Å². The lowest BCUT2D eigenvalue weighted by Crippen LogP contribution is -2.24. The van der Waals surface area contributed by atoms with Crippen molar-refractivity contribution >= 4 is 5.97 Å². The second-order valence-corrected chi connectivity index (χ2v) is 2.47.